The summed E-state index contributed by atoms with van der Waals surface area (Å²) in [5, 5.41) is 27.7. The number of aliphatic hydroxyl groups is 2. The van der Waals surface area contributed by atoms with Crippen molar-refractivity contribution < 1.29 is 48.2 Å². The minimum Gasteiger partial charge on any atom is -0.497 e. The lowest BCUT2D eigenvalue weighted by Crippen LogP contribution is -2.61. The topological polar surface area (TPSA) is 154 Å². The number of carbonyl (C=O) groups excluding carboxylic acids is 2. The molecule has 1 aliphatic rings. The largest absolute Gasteiger partial charge is 0.497 e. The molecule has 6 atom stereocenters. The van der Waals surface area contributed by atoms with Crippen molar-refractivity contribution in [2.75, 3.05) is 34.0 Å². The van der Waals surface area contributed by atoms with Crippen LogP contribution >= 0.6 is 0 Å². The maximum absolute atomic E-state index is 13.7. The monoisotopic (exact) mass is 843 g/mol. The van der Waals surface area contributed by atoms with E-state index in [2.05, 4.69) is 24.5 Å². The fraction of sp³-hybridized carbons (Fsp3) is 0.708. The number of benzene rings is 2. The summed E-state index contributed by atoms with van der Waals surface area (Å²) in [5.41, 5.74) is 1.67. The first-order valence-corrected chi connectivity index (χ1v) is 23.0. The van der Waals surface area contributed by atoms with Crippen molar-refractivity contribution in [3.8, 4) is 11.5 Å². The zero-order chi connectivity index (χ0) is 43.2. The minimum absolute atomic E-state index is 0.120. The molecule has 12 nitrogen and oxygen atoms in total. The molecule has 0 saturated carbocycles. The Hall–Kier alpha value is -3.26. The molecule has 3 rings (SSSR count). The van der Waals surface area contributed by atoms with Crippen molar-refractivity contribution in [3.05, 3.63) is 59.7 Å². The molecule has 1 aliphatic heterocycles. The summed E-state index contributed by atoms with van der Waals surface area (Å²) in [6.45, 7) is 4.45. The van der Waals surface area contributed by atoms with Gasteiger partial charge in [-0.2, -0.15) is 0 Å². The summed E-state index contributed by atoms with van der Waals surface area (Å²) in [4.78, 5) is 27.0. The number of methoxy groups -OCH3 is 2. The standard InChI is InChI=1S/C48H78N2O10/c1-5-7-9-11-13-15-17-19-21-23-43(52)50-41(47(54)49-32-22-20-18-16-14-12-10-8-6-2)36-59-48-46(58-35-38-26-30-40(56-4)31-27-38)45(44(53)42(33-51)60-48)57-34-37-24-28-39(55-3)29-25-37/h24-31,41-42,44-46,48,51,53H,5-23,32-36H2,1-4H3,(H,49,54)(H,50,52)/t41-,42+,44-,45-,46+,48-/m0/s1. The Morgan fingerprint density at radius 2 is 1.12 bits per heavy atom. The van der Waals surface area contributed by atoms with E-state index in [9.17, 15) is 19.8 Å². The van der Waals surface area contributed by atoms with Gasteiger partial charge in [0.15, 0.2) is 6.29 Å². The third-order valence-electron chi connectivity index (χ3n) is 11.2. The van der Waals surface area contributed by atoms with Crippen LogP contribution in [-0.2, 0) is 41.8 Å². The predicted molar refractivity (Wildman–Crippen MR) is 235 cm³/mol. The fourth-order valence-corrected chi connectivity index (χ4v) is 7.38. The molecular formula is C48H78N2O10. The Bertz CT molecular complexity index is 1390. The van der Waals surface area contributed by atoms with E-state index in [1.54, 1.807) is 14.2 Å². The molecule has 0 unspecified atom stereocenters. The molecule has 0 bridgehead atoms. The highest BCUT2D eigenvalue weighted by Gasteiger charge is 2.47. The number of nitrogens with one attached hydrogen (secondary N) is 2. The van der Waals surface area contributed by atoms with Crippen LogP contribution in [0.1, 0.15) is 147 Å². The van der Waals surface area contributed by atoms with Crippen LogP contribution in [0.3, 0.4) is 0 Å². The second-order valence-electron chi connectivity index (χ2n) is 16.1. The first kappa shape index (κ1) is 51.1. The molecule has 0 spiro atoms. The van der Waals surface area contributed by atoms with Gasteiger partial charge in [0.2, 0.25) is 11.8 Å². The van der Waals surface area contributed by atoms with E-state index < -0.39 is 43.4 Å². The SMILES string of the molecule is CCCCCCCCCCCNC(=O)[C@H](CO[C@H]1O[C@H](CO)[C@H](O)[C@H](OCc2ccc(OC)cc2)[C@H]1OCc1ccc(OC)cc1)NC(=O)CCCCCCCCCCC. The van der Waals surface area contributed by atoms with Gasteiger partial charge >= 0.3 is 0 Å². The van der Waals surface area contributed by atoms with Crippen molar-refractivity contribution >= 4 is 11.8 Å². The van der Waals surface area contributed by atoms with E-state index in [1.165, 1.54) is 77.0 Å². The van der Waals surface area contributed by atoms with Gasteiger partial charge in [0.1, 0.15) is 42.0 Å². The smallest absolute Gasteiger partial charge is 0.244 e. The van der Waals surface area contributed by atoms with Gasteiger partial charge in [0.25, 0.3) is 0 Å². The van der Waals surface area contributed by atoms with Gasteiger partial charge in [-0.3, -0.25) is 9.59 Å². The van der Waals surface area contributed by atoms with Crippen LogP contribution < -0.4 is 20.1 Å². The molecule has 60 heavy (non-hydrogen) atoms. The molecule has 2 aromatic carbocycles. The van der Waals surface area contributed by atoms with Gasteiger partial charge in [0.05, 0.1) is 40.6 Å². The van der Waals surface area contributed by atoms with E-state index in [-0.39, 0.29) is 31.6 Å². The number of amides is 2. The summed E-state index contributed by atoms with van der Waals surface area (Å²) in [6, 6.07) is 13.8. The van der Waals surface area contributed by atoms with Crippen LogP contribution in [0.5, 0.6) is 11.5 Å². The maximum Gasteiger partial charge on any atom is 0.244 e. The van der Waals surface area contributed by atoms with Crippen LogP contribution in [-0.4, -0.2) is 92.8 Å². The summed E-state index contributed by atoms with van der Waals surface area (Å²) in [6.07, 6.45) is 15.6. The van der Waals surface area contributed by atoms with E-state index in [0.717, 1.165) is 49.7 Å². The molecule has 12 heteroatoms. The lowest BCUT2D eigenvalue weighted by atomic mass is 9.98. The van der Waals surface area contributed by atoms with Gasteiger partial charge in [-0.1, -0.05) is 141 Å². The van der Waals surface area contributed by atoms with Crippen molar-refractivity contribution in [2.24, 2.45) is 0 Å². The minimum atomic E-state index is -1.26. The van der Waals surface area contributed by atoms with Gasteiger partial charge in [-0.15, -0.1) is 0 Å². The Kier molecular flexibility index (Phi) is 26.9. The zero-order valence-corrected chi connectivity index (χ0v) is 37.2. The Labute approximate surface area is 360 Å². The highest BCUT2D eigenvalue weighted by molar-refractivity contribution is 5.87. The first-order valence-electron chi connectivity index (χ1n) is 23.0. The van der Waals surface area contributed by atoms with E-state index in [1.807, 2.05) is 48.5 Å². The van der Waals surface area contributed by atoms with Gasteiger partial charge in [0, 0.05) is 13.0 Å². The highest BCUT2D eigenvalue weighted by Crippen LogP contribution is 2.29. The molecule has 1 fully saturated rings. The Balaban J connectivity index is 1.70. The summed E-state index contributed by atoms with van der Waals surface area (Å²) < 4.78 is 35.8. The molecule has 340 valence electrons. The number of carbonyl (C=O) groups is 2. The number of unbranched alkanes of at least 4 members (excludes halogenated alkanes) is 16. The van der Waals surface area contributed by atoms with Crippen LogP contribution in [0.15, 0.2) is 48.5 Å². The fourth-order valence-electron chi connectivity index (χ4n) is 7.38. The molecule has 2 amide bonds. The van der Waals surface area contributed by atoms with Crippen LogP contribution in [0.25, 0.3) is 0 Å². The van der Waals surface area contributed by atoms with Crippen LogP contribution in [0.4, 0.5) is 0 Å². The third kappa shape index (κ3) is 20.1. The molecule has 0 aliphatic carbocycles. The summed E-state index contributed by atoms with van der Waals surface area (Å²) in [7, 11) is 3.19. The average Bonchev–Trinajstić information content (AvgIpc) is 3.27. The second-order valence-corrected chi connectivity index (χ2v) is 16.1. The number of ether oxygens (including phenoxy) is 6. The molecule has 2 aromatic rings. The van der Waals surface area contributed by atoms with Crippen LogP contribution in [0.2, 0.25) is 0 Å². The number of hydrogen-bond donors (Lipinski definition) is 4. The molecular weight excluding hydrogens is 765 g/mol. The van der Waals surface area contributed by atoms with E-state index in [4.69, 9.17) is 28.4 Å². The van der Waals surface area contributed by atoms with E-state index in [0.29, 0.717) is 24.5 Å². The number of aliphatic hydroxyl groups excluding tert-OH is 2. The second kappa shape index (κ2) is 31.6. The predicted octanol–water partition coefficient (Wildman–Crippen LogP) is 8.32. The van der Waals surface area contributed by atoms with Gasteiger partial charge in [-0.25, -0.2) is 0 Å². The maximum atomic E-state index is 13.7. The normalized spacial score (nSPS) is 19.5. The van der Waals surface area contributed by atoms with Crippen LogP contribution in [0, 0.1) is 0 Å². The summed E-state index contributed by atoms with van der Waals surface area (Å²) in [5.74, 6) is 0.842. The molecule has 0 radical (unpaired) electrons. The molecule has 1 heterocycles. The van der Waals surface area contributed by atoms with Crippen molar-refractivity contribution in [1.82, 2.24) is 10.6 Å². The Morgan fingerprint density at radius 1 is 0.650 bits per heavy atom. The van der Waals surface area contributed by atoms with Gasteiger partial charge < -0.3 is 49.3 Å². The number of hydrogen-bond acceptors (Lipinski definition) is 10. The molecule has 4 N–H and O–H groups in total. The summed E-state index contributed by atoms with van der Waals surface area (Å²) >= 11 is 0. The average molecular weight is 843 g/mol. The lowest BCUT2D eigenvalue weighted by Gasteiger charge is -2.44. The zero-order valence-electron chi connectivity index (χ0n) is 37.2. The van der Waals surface area contributed by atoms with E-state index >= 15 is 0 Å². The first-order chi connectivity index (χ1) is 29.3. The molecule has 1 saturated heterocycles. The highest BCUT2D eigenvalue weighted by atomic mass is 16.7. The quantitative estimate of drug-likeness (QED) is 0.0506. The third-order valence-corrected chi connectivity index (χ3v) is 11.2. The van der Waals surface area contributed by atoms with Gasteiger partial charge in [-0.05, 0) is 48.2 Å². The lowest BCUT2D eigenvalue weighted by molar-refractivity contribution is -0.320. The van der Waals surface area contributed by atoms with Crippen molar-refractivity contribution in [3.63, 3.8) is 0 Å². The van der Waals surface area contributed by atoms with Crippen molar-refractivity contribution in [2.45, 2.75) is 186 Å². The number of rotatable bonds is 34. The Morgan fingerprint density at radius 3 is 1.60 bits per heavy atom. The molecule has 0 aromatic heterocycles. The van der Waals surface area contributed by atoms with Crippen molar-refractivity contribution in [1.29, 1.82) is 0 Å².